The highest BCUT2D eigenvalue weighted by atomic mass is 35.5. The standard InChI is InChI=1S/C11H8Cl2F3NO/c1-2-18-17-9-5-8(13)7(12)3-6(9)4-10(17)11(14,15)16/h3-5H,2H2,1H3. The van der Waals surface area contributed by atoms with Gasteiger partial charge in [-0.2, -0.15) is 17.9 Å². The Bertz CT molecular complexity index is 592. The van der Waals surface area contributed by atoms with E-state index in [-0.39, 0.29) is 22.2 Å². The number of alkyl halides is 3. The number of rotatable bonds is 2. The van der Waals surface area contributed by atoms with Gasteiger partial charge < -0.3 is 4.84 Å². The summed E-state index contributed by atoms with van der Waals surface area (Å²) in [5, 5.41) is 0.702. The molecule has 0 aliphatic carbocycles. The van der Waals surface area contributed by atoms with E-state index in [9.17, 15) is 13.2 Å². The van der Waals surface area contributed by atoms with Crippen molar-refractivity contribution in [3.05, 3.63) is 33.9 Å². The van der Waals surface area contributed by atoms with Crippen molar-refractivity contribution in [3.8, 4) is 0 Å². The number of hydrogen-bond acceptors (Lipinski definition) is 1. The molecule has 0 bridgehead atoms. The zero-order valence-corrected chi connectivity index (χ0v) is 10.7. The van der Waals surface area contributed by atoms with E-state index in [1.165, 1.54) is 12.1 Å². The molecule has 0 spiro atoms. The van der Waals surface area contributed by atoms with Crippen molar-refractivity contribution in [3.63, 3.8) is 0 Å². The van der Waals surface area contributed by atoms with E-state index in [4.69, 9.17) is 28.0 Å². The second-order valence-corrected chi connectivity index (χ2v) is 4.38. The molecule has 0 aliphatic heterocycles. The summed E-state index contributed by atoms with van der Waals surface area (Å²) in [6.07, 6.45) is -4.51. The van der Waals surface area contributed by atoms with Crippen molar-refractivity contribution in [1.29, 1.82) is 0 Å². The van der Waals surface area contributed by atoms with Gasteiger partial charge in [-0.1, -0.05) is 23.2 Å². The molecule has 0 radical (unpaired) electrons. The maximum atomic E-state index is 12.8. The van der Waals surface area contributed by atoms with Gasteiger partial charge in [0.15, 0.2) is 5.69 Å². The molecule has 18 heavy (non-hydrogen) atoms. The normalized spacial score (nSPS) is 12.1. The van der Waals surface area contributed by atoms with Crippen molar-refractivity contribution in [2.45, 2.75) is 13.1 Å². The quantitative estimate of drug-likeness (QED) is 0.800. The van der Waals surface area contributed by atoms with Crippen LogP contribution in [0.2, 0.25) is 10.0 Å². The van der Waals surface area contributed by atoms with Gasteiger partial charge in [0, 0.05) is 5.39 Å². The molecule has 0 unspecified atom stereocenters. The van der Waals surface area contributed by atoms with Crippen molar-refractivity contribution >= 4 is 34.1 Å². The van der Waals surface area contributed by atoms with E-state index in [2.05, 4.69) is 0 Å². The first-order valence-corrected chi connectivity index (χ1v) is 5.81. The predicted octanol–water partition coefficient (Wildman–Crippen LogP) is 4.42. The zero-order valence-electron chi connectivity index (χ0n) is 9.18. The molecule has 1 heterocycles. The van der Waals surface area contributed by atoms with Crippen LogP contribution < -0.4 is 4.84 Å². The van der Waals surface area contributed by atoms with Crippen molar-refractivity contribution < 1.29 is 18.0 Å². The van der Waals surface area contributed by atoms with Crippen LogP contribution in [0.5, 0.6) is 0 Å². The van der Waals surface area contributed by atoms with E-state index in [1.807, 2.05) is 0 Å². The molecule has 2 rings (SSSR count). The molecule has 0 aliphatic rings. The Labute approximate surface area is 111 Å². The second-order valence-electron chi connectivity index (χ2n) is 3.56. The number of fused-ring (bicyclic) bond motifs is 1. The van der Waals surface area contributed by atoms with E-state index in [0.717, 1.165) is 10.8 Å². The van der Waals surface area contributed by atoms with Crippen LogP contribution in [0.1, 0.15) is 12.6 Å². The molecule has 2 aromatic rings. The molecular formula is C11H8Cl2F3NO. The third kappa shape index (κ3) is 2.24. The van der Waals surface area contributed by atoms with Crippen LogP contribution in [0, 0.1) is 0 Å². The van der Waals surface area contributed by atoms with Gasteiger partial charge in [-0.05, 0) is 25.1 Å². The Balaban J connectivity index is 2.75. The van der Waals surface area contributed by atoms with Crippen LogP contribution in [-0.2, 0) is 6.18 Å². The first kappa shape index (κ1) is 13.4. The second kappa shape index (κ2) is 4.55. The highest BCUT2D eigenvalue weighted by Crippen LogP contribution is 2.36. The van der Waals surface area contributed by atoms with Crippen LogP contribution in [0.4, 0.5) is 13.2 Å². The number of halogens is 5. The molecule has 0 N–H and O–H groups in total. The highest BCUT2D eigenvalue weighted by Gasteiger charge is 2.36. The van der Waals surface area contributed by atoms with Crippen molar-refractivity contribution in [1.82, 2.24) is 4.73 Å². The van der Waals surface area contributed by atoms with Gasteiger partial charge in [-0.3, -0.25) is 0 Å². The van der Waals surface area contributed by atoms with Crippen LogP contribution >= 0.6 is 23.2 Å². The van der Waals surface area contributed by atoms with Crippen LogP contribution in [0.25, 0.3) is 10.9 Å². The fraction of sp³-hybridized carbons (Fsp3) is 0.273. The van der Waals surface area contributed by atoms with Gasteiger partial charge in [-0.25, -0.2) is 0 Å². The number of aromatic nitrogens is 1. The summed E-state index contributed by atoms with van der Waals surface area (Å²) >= 11 is 11.6. The molecule has 2 nitrogen and oxygen atoms in total. The molecule has 98 valence electrons. The summed E-state index contributed by atoms with van der Waals surface area (Å²) in [6.45, 7) is 1.70. The third-order valence-electron chi connectivity index (χ3n) is 2.35. The van der Waals surface area contributed by atoms with Crippen molar-refractivity contribution in [2.75, 3.05) is 6.61 Å². The first-order chi connectivity index (χ1) is 8.34. The molecule has 7 heteroatoms. The Morgan fingerprint density at radius 2 is 1.78 bits per heavy atom. The molecule has 0 fully saturated rings. The topological polar surface area (TPSA) is 14.2 Å². The highest BCUT2D eigenvalue weighted by molar-refractivity contribution is 6.42. The minimum absolute atomic E-state index is 0.104. The van der Waals surface area contributed by atoms with Gasteiger partial charge in [0.1, 0.15) is 6.61 Å². The zero-order chi connectivity index (χ0) is 13.5. The lowest BCUT2D eigenvalue weighted by Gasteiger charge is -2.12. The lowest BCUT2D eigenvalue weighted by atomic mass is 10.2. The van der Waals surface area contributed by atoms with Gasteiger partial charge >= 0.3 is 6.18 Å². The lowest BCUT2D eigenvalue weighted by Crippen LogP contribution is -2.19. The number of benzene rings is 1. The van der Waals surface area contributed by atoms with Crippen LogP contribution in [0.15, 0.2) is 18.2 Å². The summed E-state index contributed by atoms with van der Waals surface area (Å²) in [6, 6.07) is 3.71. The van der Waals surface area contributed by atoms with Gasteiger partial charge in [0.25, 0.3) is 0 Å². The molecule has 1 aromatic heterocycles. The third-order valence-corrected chi connectivity index (χ3v) is 3.07. The predicted molar refractivity (Wildman–Crippen MR) is 64.1 cm³/mol. The molecule has 0 amide bonds. The summed E-state index contributed by atoms with van der Waals surface area (Å²) in [7, 11) is 0. The summed E-state index contributed by atoms with van der Waals surface area (Å²) < 4.78 is 39.3. The van der Waals surface area contributed by atoms with Crippen LogP contribution in [0.3, 0.4) is 0 Å². The van der Waals surface area contributed by atoms with Crippen LogP contribution in [-0.4, -0.2) is 11.3 Å². The minimum atomic E-state index is -4.51. The monoisotopic (exact) mass is 297 g/mol. The maximum absolute atomic E-state index is 12.8. The molecule has 0 saturated heterocycles. The van der Waals surface area contributed by atoms with E-state index < -0.39 is 11.9 Å². The van der Waals surface area contributed by atoms with Gasteiger partial charge in [0.05, 0.1) is 15.6 Å². The maximum Gasteiger partial charge on any atom is 0.434 e. The van der Waals surface area contributed by atoms with E-state index in [0.29, 0.717) is 5.39 Å². The Hall–Kier alpha value is -1.07. The summed E-state index contributed by atoms with van der Waals surface area (Å²) in [5.74, 6) is 0. The van der Waals surface area contributed by atoms with Crippen molar-refractivity contribution in [2.24, 2.45) is 0 Å². The average molecular weight is 298 g/mol. The Morgan fingerprint density at radius 1 is 1.17 bits per heavy atom. The number of nitrogens with zero attached hydrogens (tertiary/aromatic N) is 1. The number of hydrogen-bond donors (Lipinski definition) is 0. The lowest BCUT2D eigenvalue weighted by molar-refractivity contribution is -0.150. The fourth-order valence-corrected chi connectivity index (χ4v) is 1.97. The Morgan fingerprint density at radius 3 is 2.33 bits per heavy atom. The first-order valence-electron chi connectivity index (χ1n) is 5.05. The summed E-state index contributed by atoms with van der Waals surface area (Å²) in [5.41, 5.74) is -0.656. The van der Waals surface area contributed by atoms with Gasteiger partial charge in [-0.15, -0.1) is 0 Å². The molecular weight excluding hydrogens is 290 g/mol. The van der Waals surface area contributed by atoms with E-state index in [1.54, 1.807) is 6.92 Å². The Kier molecular flexibility index (Phi) is 3.38. The molecule has 1 aromatic carbocycles. The SMILES string of the molecule is CCOn1c(C(F)(F)F)cc2cc(Cl)c(Cl)cc21. The summed E-state index contributed by atoms with van der Waals surface area (Å²) in [4.78, 5) is 5.01. The molecule has 0 atom stereocenters. The largest absolute Gasteiger partial charge is 0.434 e. The van der Waals surface area contributed by atoms with Gasteiger partial charge in [0.2, 0.25) is 0 Å². The minimum Gasteiger partial charge on any atom is -0.414 e. The average Bonchev–Trinajstić information content (AvgIpc) is 2.58. The fourth-order valence-electron chi connectivity index (χ4n) is 1.64. The van der Waals surface area contributed by atoms with E-state index >= 15 is 0 Å². The molecule has 0 saturated carbocycles. The smallest absolute Gasteiger partial charge is 0.414 e.